The molecule has 0 N–H and O–H groups in total. The summed E-state index contributed by atoms with van der Waals surface area (Å²) < 4.78 is 56.9. The standard InChI is InChI=1S/C64H132N2O8Si2/c1-11-13-15-17-19-21-23-25-27-29-31-33-35-37-39-41-45-65(7,8)47-43-49-75(72-57-63-54-68-63)70-53-61(60(5)6)52-67-62(51-59(3)4)56-71-76(74-75,73-58-64-55-69-64)50-44-48-66(9,10)46-42-40-38-36-34-32-30-28-26-24-22-20-18-16-14-12-2/h59-64H,11-58H2,1-10H3/q+2. The van der Waals surface area contributed by atoms with E-state index in [9.17, 15) is 0 Å². The summed E-state index contributed by atoms with van der Waals surface area (Å²) in [4.78, 5) is 0. The summed E-state index contributed by atoms with van der Waals surface area (Å²) in [5.74, 6) is 1.07. The number of hydrogen-bond donors (Lipinski definition) is 0. The van der Waals surface area contributed by atoms with Crippen LogP contribution < -0.4 is 0 Å². The molecule has 3 aliphatic rings. The topological polar surface area (TPSA) is 80.4 Å². The predicted octanol–water partition coefficient (Wildman–Crippen LogP) is 16.9. The summed E-state index contributed by atoms with van der Waals surface area (Å²) in [6.07, 6.45) is 47.8. The molecule has 0 saturated carbocycles. The normalized spacial score (nSPS) is 23.7. The lowest BCUT2D eigenvalue weighted by atomic mass is 9.98. The van der Waals surface area contributed by atoms with Gasteiger partial charge in [0.15, 0.2) is 0 Å². The van der Waals surface area contributed by atoms with Gasteiger partial charge in [0.1, 0.15) is 12.2 Å². The van der Waals surface area contributed by atoms with Gasteiger partial charge >= 0.3 is 17.6 Å². The van der Waals surface area contributed by atoms with E-state index in [2.05, 4.69) is 69.7 Å². The highest BCUT2D eigenvalue weighted by molar-refractivity contribution is 6.75. The largest absolute Gasteiger partial charge is 0.494 e. The molecule has 0 aromatic rings. The van der Waals surface area contributed by atoms with E-state index in [1.54, 1.807) is 0 Å². The van der Waals surface area contributed by atoms with Crippen LogP contribution >= 0.6 is 0 Å². The fourth-order valence-electron chi connectivity index (χ4n) is 11.3. The Balaban J connectivity index is 1.59. The van der Waals surface area contributed by atoms with Crippen LogP contribution in [-0.2, 0) is 36.0 Å². The van der Waals surface area contributed by atoms with Gasteiger partial charge in [-0.3, -0.25) is 0 Å². The number of rotatable bonds is 51. The number of hydrogen-bond acceptors (Lipinski definition) is 8. The summed E-state index contributed by atoms with van der Waals surface area (Å²) in [7, 11) is 2.83. The lowest BCUT2D eigenvalue weighted by Crippen LogP contribution is -2.60. The molecule has 0 spiro atoms. The van der Waals surface area contributed by atoms with E-state index in [0.29, 0.717) is 44.9 Å². The zero-order chi connectivity index (χ0) is 55.1. The van der Waals surface area contributed by atoms with Gasteiger partial charge in [0.25, 0.3) is 0 Å². The first kappa shape index (κ1) is 70.3. The fraction of sp³-hybridized carbons (Fsp3) is 1.00. The Morgan fingerprint density at radius 1 is 0.382 bits per heavy atom. The first-order valence-electron chi connectivity index (χ1n) is 33.4. The highest BCUT2D eigenvalue weighted by atomic mass is 28.5. The fourth-order valence-corrected chi connectivity index (χ4v) is 18.7. The third kappa shape index (κ3) is 37.2. The van der Waals surface area contributed by atoms with Crippen LogP contribution in [0.2, 0.25) is 12.1 Å². The quantitative estimate of drug-likeness (QED) is 0.0258. The van der Waals surface area contributed by atoms with Gasteiger partial charge < -0.3 is 45.0 Å². The van der Waals surface area contributed by atoms with Crippen LogP contribution in [0, 0.1) is 17.8 Å². The van der Waals surface area contributed by atoms with Crippen molar-refractivity contribution in [3.8, 4) is 0 Å². The average molecular weight is 1110 g/mol. The molecular weight excluding hydrogens is 981 g/mol. The van der Waals surface area contributed by atoms with E-state index in [1.165, 1.54) is 219 Å². The zero-order valence-corrected chi connectivity index (χ0v) is 54.6. The maximum Gasteiger partial charge on any atom is 0.494 e. The van der Waals surface area contributed by atoms with Gasteiger partial charge in [-0.25, -0.2) is 0 Å². The summed E-state index contributed by atoms with van der Waals surface area (Å²) in [5, 5.41) is 0. The van der Waals surface area contributed by atoms with Gasteiger partial charge in [-0.05, 0) is 43.9 Å². The summed E-state index contributed by atoms with van der Waals surface area (Å²) in [6.45, 7) is 22.3. The lowest BCUT2D eigenvalue weighted by molar-refractivity contribution is -0.890. The molecule has 0 bridgehead atoms. The molecule has 0 aliphatic carbocycles. The minimum atomic E-state index is -3.43. The van der Waals surface area contributed by atoms with Crippen molar-refractivity contribution < 1.29 is 45.0 Å². The molecule has 452 valence electrons. The molecule has 3 saturated heterocycles. The Bertz CT molecular complexity index is 1340. The molecule has 0 radical (unpaired) electrons. The molecule has 3 heterocycles. The van der Waals surface area contributed by atoms with E-state index in [4.69, 9.17) is 36.0 Å². The number of nitrogens with zero attached hydrogens (tertiary/aromatic N) is 2. The number of epoxide rings is 2. The van der Waals surface area contributed by atoms with Crippen LogP contribution in [0.15, 0.2) is 0 Å². The molecule has 3 rings (SSSR count). The van der Waals surface area contributed by atoms with E-state index in [0.717, 1.165) is 66.6 Å². The summed E-state index contributed by atoms with van der Waals surface area (Å²) in [6, 6.07) is 1.47. The second-order valence-corrected chi connectivity index (χ2v) is 32.5. The van der Waals surface area contributed by atoms with Crippen molar-refractivity contribution >= 4 is 17.6 Å². The second-order valence-electron chi connectivity index (χ2n) is 26.8. The maximum absolute atomic E-state index is 7.72. The smallest absolute Gasteiger partial charge is 0.375 e. The Morgan fingerprint density at radius 3 is 1.01 bits per heavy atom. The van der Waals surface area contributed by atoms with Gasteiger partial charge in [-0.1, -0.05) is 221 Å². The molecule has 3 fully saturated rings. The highest BCUT2D eigenvalue weighted by Gasteiger charge is 2.56. The third-order valence-corrected chi connectivity index (χ3v) is 23.9. The maximum atomic E-state index is 7.72. The van der Waals surface area contributed by atoms with Gasteiger partial charge in [0, 0.05) is 37.5 Å². The number of quaternary nitrogens is 2. The van der Waals surface area contributed by atoms with Crippen LogP contribution in [0.3, 0.4) is 0 Å². The molecule has 12 heteroatoms. The van der Waals surface area contributed by atoms with Crippen LogP contribution in [0.25, 0.3) is 0 Å². The molecule has 0 aromatic carbocycles. The average Bonchev–Trinajstić information content (AvgIpc) is 4.33. The van der Waals surface area contributed by atoms with Gasteiger partial charge in [-0.2, -0.15) is 0 Å². The first-order valence-corrected chi connectivity index (χ1v) is 37.3. The zero-order valence-electron chi connectivity index (χ0n) is 52.6. The first-order chi connectivity index (χ1) is 36.7. The Morgan fingerprint density at radius 2 is 0.697 bits per heavy atom. The van der Waals surface area contributed by atoms with Crippen LogP contribution in [-0.4, -0.2) is 146 Å². The monoisotopic (exact) mass is 1110 g/mol. The summed E-state index contributed by atoms with van der Waals surface area (Å²) >= 11 is 0. The van der Waals surface area contributed by atoms with E-state index < -0.39 is 17.6 Å². The van der Waals surface area contributed by atoms with Crippen molar-refractivity contribution in [3.05, 3.63) is 0 Å². The minimum Gasteiger partial charge on any atom is -0.375 e. The third-order valence-electron chi connectivity index (χ3n) is 17.1. The van der Waals surface area contributed by atoms with Gasteiger partial charge in [0.2, 0.25) is 0 Å². The minimum absolute atomic E-state index is 0.0442. The molecule has 0 aromatic heterocycles. The van der Waals surface area contributed by atoms with Crippen LogP contribution in [0.1, 0.15) is 266 Å². The molecular formula is C64H132N2O8Si2+2. The second kappa shape index (κ2) is 42.8. The van der Waals surface area contributed by atoms with Crippen molar-refractivity contribution in [3.63, 3.8) is 0 Å². The number of unbranched alkanes of at least 4 members (excludes halogenated alkanes) is 30. The summed E-state index contributed by atoms with van der Waals surface area (Å²) in [5.41, 5.74) is 0. The SMILES string of the molecule is CCCCCCCCCCCCCCCCCC[N+](C)(C)CCC[Si]1(OCC2CO2)OCC(CC(C)C)OCC(C(C)C)CO[Si](CCC[N+](C)(C)CCCCCCCCCCCCCCCCCC)(OCC2CO2)O1. The Kier molecular flexibility index (Phi) is 39.6. The van der Waals surface area contributed by atoms with Gasteiger partial charge in [-0.15, -0.1) is 0 Å². The van der Waals surface area contributed by atoms with Crippen LogP contribution in [0.4, 0.5) is 0 Å². The molecule has 6 unspecified atom stereocenters. The predicted molar refractivity (Wildman–Crippen MR) is 325 cm³/mol. The van der Waals surface area contributed by atoms with Gasteiger partial charge in [0.05, 0.1) is 100 Å². The Labute approximate surface area is 475 Å². The molecule has 6 atom stereocenters. The molecule has 10 nitrogen and oxygen atoms in total. The molecule has 3 aliphatic heterocycles. The Hall–Kier alpha value is 0.0338. The van der Waals surface area contributed by atoms with E-state index in [-0.39, 0.29) is 24.2 Å². The van der Waals surface area contributed by atoms with E-state index in [1.807, 2.05) is 0 Å². The van der Waals surface area contributed by atoms with Crippen molar-refractivity contribution in [1.29, 1.82) is 0 Å². The van der Waals surface area contributed by atoms with Crippen LogP contribution in [0.5, 0.6) is 0 Å². The van der Waals surface area contributed by atoms with Crippen molar-refractivity contribution in [2.45, 2.75) is 297 Å². The van der Waals surface area contributed by atoms with Crippen molar-refractivity contribution in [2.75, 3.05) is 101 Å². The van der Waals surface area contributed by atoms with Crippen molar-refractivity contribution in [1.82, 2.24) is 0 Å². The van der Waals surface area contributed by atoms with E-state index >= 15 is 0 Å². The molecule has 0 amide bonds. The number of ether oxygens (including phenoxy) is 3. The lowest BCUT2D eigenvalue weighted by Gasteiger charge is -2.40. The molecule has 76 heavy (non-hydrogen) atoms. The highest BCUT2D eigenvalue weighted by Crippen LogP contribution is 2.34. The van der Waals surface area contributed by atoms with Crippen molar-refractivity contribution in [2.24, 2.45) is 17.8 Å².